The van der Waals surface area contributed by atoms with Crippen LogP contribution in [0.2, 0.25) is 5.02 Å². The molecule has 0 bridgehead atoms. The summed E-state index contributed by atoms with van der Waals surface area (Å²) >= 11 is 5.85. The Bertz CT molecular complexity index is 335. The van der Waals surface area contributed by atoms with Crippen LogP contribution in [0, 0.1) is 0 Å². The Kier molecular flexibility index (Phi) is 5.44. The van der Waals surface area contributed by atoms with Gasteiger partial charge in [0.1, 0.15) is 0 Å². The number of hydrogen-bond donors (Lipinski definition) is 1. The zero-order valence-electron chi connectivity index (χ0n) is 10.9. The molecular weight excluding hydrogens is 234 g/mol. The first-order chi connectivity index (χ1) is 7.95. The number of likely N-dealkylation sites (N-methyl/N-ethyl adjacent to an activating group) is 1. The minimum absolute atomic E-state index is 0.0428. The summed E-state index contributed by atoms with van der Waals surface area (Å²) in [5.74, 6) is 0. The molecule has 0 unspecified atom stereocenters. The topological polar surface area (TPSA) is 23.5 Å². The van der Waals surface area contributed by atoms with Crippen molar-refractivity contribution in [3.63, 3.8) is 0 Å². The molecule has 0 heterocycles. The lowest BCUT2D eigenvalue weighted by molar-refractivity contribution is 0.118. The van der Waals surface area contributed by atoms with Crippen molar-refractivity contribution in [2.75, 3.05) is 20.2 Å². The highest BCUT2D eigenvalue weighted by molar-refractivity contribution is 6.30. The summed E-state index contributed by atoms with van der Waals surface area (Å²) in [6.45, 7) is 5.53. The summed E-state index contributed by atoms with van der Waals surface area (Å²) in [6.07, 6.45) is 1.80. The molecule has 0 aliphatic heterocycles. The molecule has 0 fully saturated rings. The molecule has 0 radical (unpaired) electrons. The quantitative estimate of drug-likeness (QED) is 0.845. The number of nitrogens with zero attached hydrogens (tertiary/aromatic N) is 1. The SMILES string of the molecule is CN(CCc1ccc(Cl)cc1)C(C)(C)CCO. The third-order valence-electron chi connectivity index (χ3n) is 3.41. The van der Waals surface area contributed by atoms with Crippen LogP contribution in [0.5, 0.6) is 0 Å². The van der Waals surface area contributed by atoms with Crippen LogP contribution in [-0.2, 0) is 6.42 Å². The summed E-state index contributed by atoms with van der Waals surface area (Å²) in [6, 6.07) is 7.98. The van der Waals surface area contributed by atoms with Gasteiger partial charge in [-0.15, -0.1) is 0 Å². The monoisotopic (exact) mass is 255 g/mol. The van der Waals surface area contributed by atoms with E-state index in [-0.39, 0.29) is 12.1 Å². The van der Waals surface area contributed by atoms with E-state index in [1.54, 1.807) is 0 Å². The van der Waals surface area contributed by atoms with Crippen LogP contribution in [0.25, 0.3) is 0 Å². The number of aliphatic hydroxyl groups excluding tert-OH is 1. The molecule has 17 heavy (non-hydrogen) atoms. The van der Waals surface area contributed by atoms with E-state index < -0.39 is 0 Å². The largest absolute Gasteiger partial charge is 0.396 e. The van der Waals surface area contributed by atoms with Gasteiger partial charge in [-0.3, -0.25) is 0 Å². The maximum absolute atomic E-state index is 9.03. The van der Waals surface area contributed by atoms with Gasteiger partial charge in [-0.1, -0.05) is 23.7 Å². The van der Waals surface area contributed by atoms with Crippen molar-refractivity contribution < 1.29 is 5.11 Å². The first-order valence-electron chi connectivity index (χ1n) is 6.02. The van der Waals surface area contributed by atoms with Crippen molar-refractivity contribution in [3.05, 3.63) is 34.9 Å². The van der Waals surface area contributed by atoms with E-state index in [0.29, 0.717) is 0 Å². The van der Waals surface area contributed by atoms with Gasteiger partial charge in [0.2, 0.25) is 0 Å². The summed E-state index contributed by atoms with van der Waals surface area (Å²) in [5.41, 5.74) is 1.34. The van der Waals surface area contributed by atoms with Gasteiger partial charge in [-0.2, -0.15) is 0 Å². The maximum Gasteiger partial charge on any atom is 0.0448 e. The molecule has 0 atom stereocenters. The summed E-state index contributed by atoms with van der Waals surface area (Å²) in [5, 5.41) is 9.81. The third-order valence-corrected chi connectivity index (χ3v) is 3.66. The molecule has 0 spiro atoms. The van der Waals surface area contributed by atoms with Crippen molar-refractivity contribution >= 4 is 11.6 Å². The van der Waals surface area contributed by atoms with E-state index in [9.17, 15) is 0 Å². The van der Waals surface area contributed by atoms with Crippen molar-refractivity contribution in [1.29, 1.82) is 0 Å². The second-order valence-corrected chi connectivity index (χ2v) is 5.52. The van der Waals surface area contributed by atoms with Crippen LogP contribution in [-0.4, -0.2) is 35.7 Å². The average molecular weight is 256 g/mol. The Morgan fingerprint density at radius 1 is 1.24 bits per heavy atom. The lowest BCUT2D eigenvalue weighted by Gasteiger charge is -2.35. The van der Waals surface area contributed by atoms with E-state index in [4.69, 9.17) is 16.7 Å². The molecule has 0 aliphatic rings. The van der Waals surface area contributed by atoms with Gasteiger partial charge in [-0.25, -0.2) is 0 Å². The van der Waals surface area contributed by atoms with Gasteiger partial charge in [0.05, 0.1) is 0 Å². The Balaban J connectivity index is 2.47. The normalized spacial score (nSPS) is 12.1. The van der Waals surface area contributed by atoms with Crippen molar-refractivity contribution in [2.24, 2.45) is 0 Å². The molecule has 0 aliphatic carbocycles. The van der Waals surface area contributed by atoms with Crippen LogP contribution >= 0.6 is 11.6 Å². The number of rotatable bonds is 6. The first-order valence-corrected chi connectivity index (χ1v) is 6.40. The van der Waals surface area contributed by atoms with E-state index in [2.05, 4.69) is 37.9 Å². The molecule has 0 aromatic heterocycles. The van der Waals surface area contributed by atoms with Crippen LogP contribution in [0.1, 0.15) is 25.8 Å². The Labute approximate surface area is 109 Å². The Morgan fingerprint density at radius 3 is 2.35 bits per heavy atom. The van der Waals surface area contributed by atoms with E-state index >= 15 is 0 Å². The standard InChI is InChI=1S/C14H22ClNO/c1-14(2,9-11-17)16(3)10-8-12-4-6-13(15)7-5-12/h4-7,17H,8-11H2,1-3H3. The molecule has 0 saturated carbocycles. The molecule has 96 valence electrons. The predicted octanol–water partition coefficient (Wildman–Crippen LogP) is 2.98. The molecule has 1 aromatic rings. The summed E-state index contributed by atoms with van der Waals surface area (Å²) < 4.78 is 0. The third kappa shape index (κ3) is 4.66. The zero-order chi connectivity index (χ0) is 12.9. The van der Waals surface area contributed by atoms with Crippen LogP contribution < -0.4 is 0 Å². The second kappa shape index (κ2) is 6.39. The molecule has 1 N–H and O–H groups in total. The maximum atomic E-state index is 9.03. The molecule has 3 heteroatoms. The molecule has 2 nitrogen and oxygen atoms in total. The van der Waals surface area contributed by atoms with Crippen molar-refractivity contribution in [3.8, 4) is 0 Å². The van der Waals surface area contributed by atoms with Crippen LogP contribution in [0.3, 0.4) is 0 Å². The summed E-state index contributed by atoms with van der Waals surface area (Å²) in [7, 11) is 2.10. The number of hydrogen-bond acceptors (Lipinski definition) is 2. The van der Waals surface area contributed by atoms with Gasteiger partial charge in [-0.05, 0) is 51.4 Å². The highest BCUT2D eigenvalue weighted by Crippen LogP contribution is 2.17. The lowest BCUT2D eigenvalue weighted by atomic mass is 9.98. The van der Waals surface area contributed by atoms with E-state index in [1.165, 1.54) is 5.56 Å². The number of halogens is 1. The molecule has 1 aromatic carbocycles. The van der Waals surface area contributed by atoms with Crippen LogP contribution in [0.15, 0.2) is 24.3 Å². The Hall–Kier alpha value is -0.570. The molecular formula is C14H22ClNO. The van der Waals surface area contributed by atoms with Gasteiger partial charge < -0.3 is 10.0 Å². The molecule has 0 amide bonds. The highest BCUT2D eigenvalue weighted by atomic mass is 35.5. The fourth-order valence-electron chi connectivity index (χ4n) is 1.72. The second-order valence-electron chi connectivity index (χ2n) is 5.08. The van der Waals surface area contributed by atoms with Crippen molar-refractivity contribution in [2.45, 2.75) is 32.2 Å². The smallest absolute Gasteiger partial charge is 0.0448 e. The fourth-order valence-corrected chi connectivity index (χ4v) is 1.84. The van der Waals surface area contributed by atoms with Crippen molar-refractivity contribution in [1.82, 2.24) is 4.90 Å². The van der Waals surface area contributed by atoms with Gasteiger partial charge in [0.15, 0.2) is 0 Å². The number of aliphatic hydroxyl groups is 1. The number of benzene rings is 1. The Morgan fingerprint density at radius 2 is 1.82 bits per heavy atom. The predicted molar refractivity (Wildman–Crippen MR) is 73.6 cm³/mol. The summed E-state index contributed by atoms with van der Waals surface area (Å²) in [4.78, 5) is 2.29. The van der Waals surface area contributed by atoms with Gasteiger partial charge in [0.25, 0.3) is 0 Å². The minimum atomic E-state index is 0.0428. The van der Waals surface area contributed by atoms with E-state index in [1.807, 2.05) is 12.1 Å². The minimum Gasteiger partial charge on any atom is -0.396 e. The van der Waals surface area contributed by atoms with Gasteiger partial charge in [0, 0.05) is 23.7 Å². The average Bonchev–Trinajstić information content (AvgIpc) is 2.27. The molecule has 1 rings (SSSR count). The van der Waals surface area contributed by atoms with Gasteiger partial charge >= 0.3 is 0 Å². The van der Waals surface area contributed by atoms with E-state index in [0.717, 1.165) is 24.4 Å². The van der Waals surface area contributed by atoms with Crippen LogP contribution in [0.4, 0.5) is 0 Å². The lowest BCUT2D eigenvalue weighted by Crippen LogP contribution is -2.42. The fraction of sp³-hybridized carbons (Fsp3) is 0.571. The highest BCUT2D eigenvalue weighted by Gasteiger charge is 2.22. The zero-order valence-corrected chi connectivity index (χ0v) is 11.7. The first kappa shape index (κ1) is 14.5. The molecule has 0 saturated heterocycles.